The molecule has 0 spiro atoms. The molecule has 0 atom stereocenters. The Morgan fingerprint density at radius 2 is 1.68 bits per heavy atom. The van der Waals surface area contributed by atoms with E-state index in [1.54, 1.807) is 24.3 Å². The normalized spacial score (nSPS) is 10.9. The first-order valence-corrected chi connectivity index (χ1v) is 10.9. The molecule has 3 aromatic carbocycles. The van der Waals surface area contributed by atoms with Crippen LogP contribution in [0.5, 0.6) is 5.75 Å². The molecule has 0 aromatic heterocycles. The van der Waals surface area contributed by atoms with Crippen molar-refractivity contribution in [3.8, 4) is 11.8 Å². The molecule has 0 saturated heterocycles. The van der Waals surface area contributed by atoms with Gasteiger partial charge in [-0.25, -0.2) is 0 Å². The lowest BCUT2D eigenvalue weighted by atomic mass is 10.1. The van der Waals surface area contributed by atoms with Gasteiger partial charge in [-0.1, -0.05) is 30.3 Å². The maximum absolute atomic E-state index is 12.6. The van der Waals surface area contributed by atoms with Crippen LogP contribution in [0.3, 0.4) is 0 Å². The second-order valence-electron chi connectivity index (χ2n) is 8.15. The van der Waals surface area contributed by atoms with Gasteiger partial charge in [-0.15, -0.1) is 0 Å². The molecule has 2 amide bonds. The number of nitrogens with zero attached hydrogens (tertiary/aromatic N) is 1. The van der Waals surface area contributed by atoms with Crippen molar-refractivity contribution < 1.29 is 14.3 Å². The maximum Gasteiger partial charge on any atom is 0.266 e. The van der Waals surface area contributed by atoms with Gasteiger partial charge in [0.05, 0.1) is 0 Å². The van der Waals surface area contributed by atoms with E-state index < -0.39 is 5.91 Å². The van der Waals surface area contributed by atoms with Gasteiger partial charge in [0.15, 0.2) is 6.61 Å². The number of hydrogen-bond acceptors (Lipinski definition) is 4. The summed E-state index contributed by atoms with van der Waals surface area (Å²) in [5, 5.41) is 15.1. The van der Waals surface area contributed by atoms with Gasteiger partial charge in [0.1, 0.15) is 17.4 Å². The number of aryl methyl sites for hydroxylation is 4. The van der Waals surface area contributed by atoms with Crippen molar-refractivity contribution >= 4 is 29.3 Å². The van der Waals surface area contributed by atoms with E-state index in [-0.39, 0.29) is 18.1 Å². The second-order valence-corrected chi connectivity index (χ2v) is 8.15. The molecule has 34 heavy (non-hydrogen) atoms. The van der Waals surface area contributed by atoms with Gasteiger partial charge in [0.25, 0.3) is 11.8 Å². The molecule has 0 unspecified atom stereocenters. The summed E-state index contributed by atoms with van der Waals surface area (Å²) in [5.74, 6) is -0.318. The molecule has 2 N–H and O–H groups in total. The number of anilines is 2. The fourth-order valence-electron chi connectivity index (χ4n) is 3.23. The molecular formula is C28H27N3O3. The molecule has 172 valence electrons. The number of carbonyl (C=O) groups is 2. The van der Waals surface area contributed by atoms with Gasteiger partial charge in [0.2, 0.25) is 0 Å². The third-order valence-corrected chi connectivity index (χ3v) is 5.34. The Kier molecular flexibility index (Phi) is 7.83. The summed E-state index contributed by atoms with van der Waals surface area (Å²) in [5.41, 5.74) is 6.11. The second kappa shape index (κ2) is 11.0. The highest BCUT2D eigenvalue weighted by molar-refractivity contribution is 6.10. The average Bonchev–Trinajstić information content (AvgIpc) is 2.81. The minimum absolute atomic E-state index is 0.0365. The highest BCUT2D eigenvalue weighted by Gasteiger charge is 2.12. The van der Waals surface area contributed by atoms with Crippen LogP contribution in [0.2, 0.25) is 0 Å². The molecule has 0 saturated carbocycles. The fourth-order valence-corrected chi connectivity index (χ4v) is 3.23. The van der Waals surface area contributed by atoms with Crippen molar-refractivity contribution in [1.82, 2.24) is 0 Å². The van der Waals surface area contributed by atoms with Crippen molar-refractivity contribution in [1.29, 1.82) is 5.26 Å². The number of carbonyl (C=O) groups excluding carboxylic acids is 2. The first kappa shape index (κ1) is 24.3. The van der Waals surface area contributed by atoms with E-state index in [2.05, 4.69) is 10.6 Å². The van der Waals surface area contributed by atoms with Crippen LogP contribution < -0.4 is 15.4 Å². The first-order chi connectivity index (χ1) is 16.2. The Balaban J connectivity index is 1.65. The Morgan fingerprint density at radius 1 is 0.912 bits per heavy atom. The van der Waals surface area contributed by atoms with Gasteiger partial charge in [-0.2, -0.15) is 5.26 Å². The standard InChI is InChI=1S/C28H27N3O3/c1-18-8-9-20(3)26(12-18)31-28(33)23(16-29)14-22-6-5-7-25(15-22)34-17-27(32)30-24-11-10-19(2)21(4)13-24/h5-15H,17H2,1-4H3,(H,30,32)(H,31,33)/b23-14-. The summed E-state index contributed by atoms with van der Waals surface area (Å²) in [6.07, 6.45) is 1.49. The van der Waals surface area contributed by atoms with E-state index in [1.807, 2.05) is 70.2 Å². The maximum atomic E-state index is 12.6. The molecular weight excluding hydrogens is 426 g/mol. The van der Waals surface area contributed by atoms with E-state index in [4.69, 9.17) is 4.74 Å². The lowest BCUT2D eigenvalue weighted by Gasteiger charge is -2.10. The number of rotatable bonds is 7. The van der Waals surface area contributed by atoms with E-state index in [0.717, 1.165) is 22.3 Å². The molecule has 0 radical (unpaired) electrons. The zero-order valence-corrected chi connectivity index (χ0v) is 19.7. The van der Waals surface area contributed by atoms with Crippen LogP contribution in [0.25, 0.3) is 6.08 Å². The highest BCUT2D eigenvalue weighted by Crippen LogP contribution is 2.20. The molecule has 6 nitrogen and oxygen atoms in total. The van der Waals surface area contributed by atoms with Crippen LogP contribution in [-0.4, -0.2) is 18.4 Å². The Morgan fingerprint density at radius 3 is 2.41 bits per heavy atom. The molecule has 3 rings (SSSR count). The minimum atomic E-state index is -0.490. The first-order valence-electron chi connectivity index (χ1n) is 10.9. The lowest BCUT2D eigenvalue weighted by molar-refractivity contribution is -0.118. The van der Waals surface area contributed by atoms with Crippen LogP contribution in [0.15, 0.2) is 66.2 Å². The van der Waals surface area contributed by atoms with E-state index in [9.17, 15) is 14.9 Å². The van der Waals surface area contributed by atoms with Crippen molar-refractivity contribution in [2.24, 2.45) is 0 Å². The number of nitriles is 1. The largest absolute Gasteiger partial charge is 0.484 e. The Labute approximate surface area is 199 Å². The number of hydrogen-bond donors (Lipinski definition) is 2. The van der Waals surface area contributed by atoms with Crippen LogP contribution in [-0.2, 0) is 9.59 Å². The average molecular weight is 454 g/mol. The van der Waals surface area contributed by atoms with Gasteiger partial charge < -0.3 is 15.4 Å². The van der Waals surface area contributed by atoms with E-state index in [1.165, 1.54) is 6.08 Å². The van der Waals surface area contributed by atoms with Gasteiger partial charge in [-0.05, 0) is 91.9 Å². The predicted octanol–water partition coefficient (Wildman–Crippen LogP) is 5.48. The lowest BCUT2D eigenvalue weighted by Crippen LogP contribution is -2.20. The molecule has 3 aromatic rings. The summed E-state index contributed by atoms with van der Waals surface area (Å²) in [6, 6.07) is 20.3. The van der Waals surface area contributed by atoms with Crippen molar-refractivity contribution in [2.45, 2.75) is 27.7 Å². The summed E-state index contributed by atoms with van der Waals surface area (Å²) in [6.45, 7) is 7.65. The monoisotopic (exact) mass is 453 g/mol. The molecule has 0 heterocycles. The number of benzene rings is 3. The van der Waals surface area contributed by atoms with E-state index >= 15 is 0 Å². The van der Waals surface area contributed by atoms with Crippen molar-refractivity contribution in [3.05, 3.63) is 94.1 Å². The fraction of sp³-hybridized carbons (Fsp3) is 0.179. The summed E-state index contributed by atoms with van der Waals surface area (Å²) in [4.78, 5) is 24.9. The number of ether oxygens (including phenoxy) is 1. The SMILES string of the molecule is Cc1ccc(C)c(NC(=O)/C(C#N)=C\c2cccc(OCC(=O)Nc3ccc(C)c(C)c3)c2)c1. The highest BCUT2D eigenvalue weighted by atomic mass is 16.5. The van der Waals surface area contributed by atoms with Crippen LogP contribution in [0.1, 0.15) is 27.8 Å². The molecule has 0 aliphatic carbocycles. The number of nitrogens with one attached hydrogen (secondary N) is 2. The van der Waals surface area contributed by atoms with Crippen molar-refractivity contribution in [3.63, 3.8) is 0 Å². The van der Waals surface area contributed by atoms with Crippen LogP contribution in [0.4, 0.5) is 11.4 Å². The Bertz CT molecular complexity index is 1300. The summed E-state index contributed by atoms with van der Waals surface area (Å²) in [7, 11) is 0. The molecule has 0 fully saturated rings. The molecule has 0 aliphatic heterocycles. The van der Waals surface area contributed by atoms with Crippen LogP contribution in [0, 0.1) is 39.0 Å². The quantitative estimate of drug-likeness (QED) is 0.366. The third kappa shape index (κ3) is 6.57. The van der Waals surface area contributed by atoms with E-state index in [0.29, 0.717) is 22.7 Å². The predicted molar refractivity (Wildman–Crippen MR) is 135 cm³/mol. The zero-order valence-electron chi connectivity index (χ0n) is 19.7. The summed E-state index contributed by atoms with van der Waals surface area (Å²) < 4.78 is 5.61. The Hall–Kier alpha value is -4.37. The minimum Gasteiger partial charge on any atom is -0.484 e. The molecule has 0 bridgehead atoms. The summed E-state index contributed by atoms with van der Waals surface area (Å²) >= 11 is 0. The van der Waals surface area contributed by atoms with Crippen molar-refractivity contribution in [2.75, 3.05) is 17.2 Å². The van der Waals surface area contributed by atoms with Crippen LogP contribution >= 0.6 is 0 Å². The number of amides is 2. The zero-order chi connectivity index (χ0) is 24.7. The third-order valence-electron chi connectivity index (χ3n) is 5.34. The smallest absolute Gasteiger partial charge is 0.266 e. The van der Waals surface area contributed by atoms with Gasteiger partial charge >= 0.3 is 0 Å². The molecule has 6 heteroatoms. The topological polar surface area (TPSA) is 91.2 Å². The van der Waals surface area contributed by atoms with Gasteiger partial charge in [-0.3, -0.25) is 9.59 Å². The molecule has 0 aliphatic rings. The van der Waals surface area contributed by atoms with Gasteiger partial charge in [0, 0.05) is 11.4 Å².